The van der Waals surface area contributed by atoms with Crippen LogP contribution in [-0.4, -0.2) is 47.8 Å². The van der Waals surface area contributed by atoms with Gasteiger partial charge in [0.25, 0.3) is 0 Å². The Kier molecular flexibility index (Phi) is 2.49. The number of nitrogens with zero attached hydrogens (tertiary/aromatic N) is 1. The van der Waals surface area contributed by atoms with E-state index in [0.29, 0.717) is 0 Å². The summed E-state index contributed by atoms with van der Waals surface area (Å²) in [6, 6.07) is 0.164. The molecule has 0 spiro atoms. The van der Waals surface area contributed by atoms with E-state index in [1.165, 1.54) is 7.11 Å². The second-order valence-corrected chi connectivity index (χ2v) is 4.20. The number of aliphatic hydroxyl groups excluding tert-OH is 1. The highest BCUT2D eigenvalue weighted by atomic mass is 16.5. The maximum absolute atomic E-state index is 11.7. The predicted molar refractivity (Wildman–Crippen MR) is 50.8 cm³/mol. The van der Waals surface area contributed by atoms with E-state index in [2.05, 4.69) is 4.90 Å². The summed E-state index contributed by atoms with van der Waals surface area (Å²) in [5.41, 5.74) is -0.401. The summed E-state index contributed by atoms with van der Waals surface area (Å²) >= 11 is 0. The lowest BCUT2D eigenvalue weighted by molar-refractivity contribution is -0.152. The number of hydrogen-bond acceptors (Lipinski definition) is 4. The van der Waals surface area contributed by atoms with E-state index >= 15 is 0 Å². The van der Waals surface area contributed by atoms with Crippen molar-refractivity contribution in [3.63, 3.8) is 0 Å². The van der Waals surface area contributed by atoms with Crippen LogP contribution in [0.15, 0.2) is 0 Å². The zero-order valence-electron chi connectivity index (χ0n) is 8.53. The van der Waals surface area contributed by atoms with Crippen molar-refractivity contribution in [3.05, 3.63) is 0 Å². The number of carbonyl (C=O) groups is 1. The Morgan fingerprint density at radius 2 is 2.43 bits per heavy atom. The fourth-order valence-electron chi connectivity index (χ4n) is 2.96. The molecule has 0 unspecified atom stereocenters. The Morgan fingerprint density at radius 3 is 3.07 bits per heavy atom. The van der Waals surface area contributed by atoms with E-state index < -0.39 is 5.54 Å². The molecule has 80 valence electrons. The Bertz CT molecular complexity index is 244. The normalized spacial score (nSPS) is 37.1. The Balaban J connectivity index is 2.22. The smallest absolute Gasteiger partial charge is 0.326 e. The molecular weight excluding hydrogens is 182 g/mol. The van der Waals surface area contributed by atoms with Crippen LogP contribution in [0.3, 0.4) is 0 Å². The molecule has 0 bridgehead atoms. The predicted octanol–water partition coefficient (Wildman–Crippen LogP) is 0.149. The first kappa shape index (κ1) is 9.93. The van der Waals surface area contributed by atoms with Gasteiger partial charge in [0.2, 0.25) is 0 Å². The summed E-state index contributed by atoms with van der Waals surface area (Å²) in [5.74, 6) is -0.119. The Morgan fingerprint density at radius 1 is 1.64 bits per heavy atom. The molecule has 2 fully saturated rings. The lowest BCUT2D eigenvalue weighted by atomic mass is 9.94. The molecule has 0 saturated carbocycles. The molecule has 0 aromatic carbocycles. The van der Waals surface area contributed by atoms with Gasteiger partial charge in [-0.25, -0.2) is 0 Å². The number of hydrogen-bond donors (Lipinski definition) is 1. The zero-order chi connectivity index (χ0) is 10.2. The third-order valence-corrected chi connectivity index (χ3v) is 3.65. The largest absolute Gasteiger partial charge is 0.468 e. The molecule has 2 atom stereocenters. The fourth-order valence-corrected chi connectivity index (χ4v) is 2.96. The van der Waals surface area contributed by atoms with Gasteiger partial charge < -0.3 is 9.84 Å². The third-order valence-electron chi connectivity index (χ3n) is 3.65. The van der Waals surface area contributed by atoms with Crippen molar-refractivity contribution in [2.24, 2.45) is 0 Å². The van der Waals surface area contributed by atoms with E-state index in [1.54, 1.807) is 0 Å². The molecule has 1 N–H and O–H groups in total. The van der Waals surface area contributed by atoms with E-state index in [9.17, 15) is 9.90 Å². The molecule has 2 aliphatic rings. The molecule has 2 aliphatic heterocycles. The van der Waals surface area contributed by atoms with E-state index in [0.717, 1.165) is 32.2 Å². The molecule has 0 aliphatic carbocycles. The van der Waals surface area contributed by atoms with Crippen LogP contribution in [0.5, 0.6) is 0 Å². The summed E-state index contributed by atoms with van der Waals surface area (Å²) in [7, 11) is 1.44. The first-order valence-corrected chi connectivity index (χ1v) is 5.20. The number of fused-ring (bicyclic) bond motifs is 1. The highest BCUT2D eigenvalue weighted by Crippen LogP contribution is 2.42. The standard InChI is InChI=1S/C10H17NO3/c1-14-9(13)10-4-2-6-11(10)8(7-12)3-5-10/h8,12H,2-7H2,1H3/t8-,10-/m1/s1. The molecule has 4 heteroatoms. The van der Waals surface area contributed by atoms with Crippen molar-refractivity contribution in [2.75, 3.05) is 20.3 Å². The van der Waals surface area contributed by atoms with E-state index in [4.69, 9.17) is 4.74 Å². The van der Waals surface area contributed by atoms with Gasteiger partial charge in [0.15, 0.2) is 0 Å². The molecule has 14 heavy (non-hydrogen) atoms. The minimum absolute atomic E-state index is 0.119. The maximum atomic E-state index is 11.7. The van der Waals surface area contributed by atoms with Gasteiger partial charge >= 0.3 is 5.97 Å². The first-order chi connectivity index (χ1) is 6.74. The highest BCUT2D eigenvalue weighted by molar-refractivity contribution is 5.81. The topological polar surface area (TPSA) is 49.8 Å². The Labute approximate surface area is 83.8 Å². The molecule has 4 nitrogen and oxygen atoms in total. The summed E-state index contributed by atoms with van der Waals surface area (Å²) in [6.07, 6.45) is 3.66. The van der Waals surface area contributed by atoms with Crippen LogP contribution in [0.1, 0.15) is 25.7 Å². The van der Waals surface area contributed by atoms with Gasteiger partial charge in [-0.3, -0.25) is 9.69 Å². The molecule has 2 saturated heterocycles. The summed E-state index contributed by atoms with van der Waals surface area (Å²) < 4.78 is 4.87. The van der Waals surface area contributed by atoms with Crippen LogP contribution in [-0.2, 0) is 9.53 Å². The maximum Gasteiger partial charge on any atom is 0.326 e. The monoisotopic (exact) mass is 199 g/mol. The van der Waals surface area contributed by atoms with Crippen molar-refractivity contribution >= 4 is 5.97 Å². The molecule has 0 aromatic rings. The molecule has 2 rings (SSSR count). The minimum atomic E-state index is -0.401. The van der Waals surface area contributed by atoms with Gasteiger partial charge in [0, 0.05) is 6.04 Å². The van der Waals surface area contributed by atoms with Gasteiger partial charge in [-0.1, -0.05) is 0 Å². The number of carbonyl (C=O) groups excluding carboxylic acids is 1. The Hall–Kier alpha value is -0.610. The average molecular weight is 199 g/mol. The number of methoxy groups -OCH3 is 1. The van der Waals surface area contributed by atoms with Gasteiger partial charge in [0.05, 0.1) is 13.7 Å². The van der Waals surface area contributed by atoms with Crippen molar-refractivity contribution in [1.29, 1.82) is 0 Å². The van der Waals surface area contributed by atoms with Crippen molar-refractivity contribution in [3.8, 4) is 0 Å². The number of aliphatic hydroxyl groups is 1. The van der Waals surface area contributed by atoms with Gasteiger partial charge in [0.1, 0.15) is 5.54 Å². The van der Waals surface area contributed by atoms with Crippen LogP contribution in [0.2, 0.25) is 0 Å². The van der Waals surface area contributed by atoms with Gasteiger partial charge in [-0.2, -0.15) is 0 Å². The molecular formula is C10H17NO3. The summed E-state index contributed by atoms with van der Waals surface area (Å²) in [4.78, 5) is 13.9. The molecule has 0 amide bonds. The number of esters is 1. The average Bonchev–Trinajstić information content (AvgIpc) is 2.74. The van der Waals surface area contributed by atoms with Crippen LogP contribution in [0.25, 0.3) is 0 Å². The van der Waals surface area contributed by atoms with E-state index in [1.807, 2.05) is 0 Å². The third kappa shape index (κ3) is 1.17. The van der Waals surface area contributed by atoms with Gasteiger partial charge in [-0.15, -0.1) is 0 Å². The van der Waals surface area contributed by atoms with Gasteiger partial charge in [-0.05, 0) is 32.2 Å². The van der Waals surface area contributed by atoms with Crippen molar-refractivity contribution in [1.82, 2.24) is 4.90 Å². The van der Waals surface area contributed by atoms with Crippen LogP contribution in [0.4, 0.5) is 0 Å². The first-order valence-electron chi connectivity index (χ1n) is 5.20. The second kappa shape index (κ2) is 3.51. The highest BCUT2D eigenvalue weighted by Gasteiger charge is 2.54. The summed E-state index contributed by atoms with van der Waals surface area (Å²) in [6.45, 7) is 1.07. The minimum Gasteiger partial charge on any atom is -0.468 e. The second-order valence-electron chi connectivity index (χ2n) is 4.20. The van der Waals surface area contributed by atoms with Crippen LogP contribution >= 0.6 is 0 Å². The molecule has 0 aromatic heterocycles. The van der Waals surface area contributed by atoms with Crippen molar-refractivity contribution < 1.29 is 14.6 Å². The van der Waals surface area contributed by atoms with Crippen LogP contribution in [0, 0.1) is 0 Å². The molecule has 2 heterocycles. The lowest BCUT2D eigenvalue weighted by Gasteiger charge is -2.31. The number of rotatable bonds is 2. The fraction of sp³-hybridized carbons (Fsp3) is 0.900. The SMILES string of the molecule is COC(=O)[C@]12CCCN1[C@@H](CO)CC2. The summed E-state index contributed by atoms with van der Waals surface area (Å²) in [5, 5.41) is 9.19. The quantitative estimate of drug-likeness (QED) is 0.643. The molecule has 0 radical (unpaired) electrons. The zero-order valence-corrected chi connectivity index (χ0v) is 8.53. The lowest BCUT2D eigenvalue weighted by Crippen LogP contribution is -2.49. The van der Waals surface area contributed by atoms with Crippen molar-refractivity contribution in [2.45, 2.75) is 37.3 Å². The van der Waals surface area contributed by atoms with E-state index in [-0.39, 0.29) is 18.6 Å². The van der Waals surface area contributed by atoms with Crippen LogP contribution < -0.4 is 0 Å². The number of ether oxygens (including phenoxy) is 1.